The molecule has 0 spiro atoms. The Morgan fingerprint density at radius 3 is 2.53 bits per heavy atom. The third-order valence-corrected chi connectivity index (χ3v) is 3.86. The molecule has 0 radical (unpaired) electrons. The lowest BCUT2D eigenvalue weighted by atomic mass is 10.1. The zero-order chi connectivity index (χ0) is 13.1. The predicted octanol–water partition coefficient (Wildman–Crippen LogP) is 3.88. The molecule has 2 nitrogen and oxygen atoms in total. The van der Waals surface area contributed by atoms with Gasteiger partial charge in [-0.3, -0.25) is 0 Å². The molecular weight excluding hydrogens is 254 g/mol. The van der Waals surface area contributed by atoms with Crippen molar-refractivity contribution in [2.24, 2.45) is 0 Å². The maximum atomic E-state index is 8.99. The van der Waals surface area contributed by atoms with Crippen LogP contribution in [0.1, 0.15) is 5.56 Å². The number of rotatable bonds is 3. The van der Waals surface area contributed by atoms with Crippen molar-refractivity contribution in [2.45, 2.75) is 16.5 Å². The summed E-state index contributed by atoms with van der Waals surface area (Å²) in [7, 11) is 0. The third kappa shape index (κ3) is 2.78. The van der Waals surface area contributed by atoms with E-state index >= 15 is 0 Å². The molecule has 0 aliphatic heterocycles. The van der Waals surface area contributed by atoms with Crippen LogP contribution in [0.5, 0.6) is 0 Å². The first-order valence-corrected chi connectivity index (χ1v) is 6.89. The maximum absolute atomic E-state index is 8.99. The summed E-state index contributed by atoms with van der Waals surface area (Å²) in [4.78, 5) is 5.50. The van der Waals surface area contributed by atoms with Crippen molar-refractivity contribution in [3.8, 4) is 0 Å². The summed E-state index contributed by atoms with van der Waals surface area (Å²) in [5, 5.41) is 12.4. The summed E-state index contributed by atoms with van der Waals surface area (Å²) < 4.78 is 0. The van der Waals surface area contributed by atoms with Crippen molar-refractivity contribution >= 4 is 22.5 Å². The Kier molecular flexibility index (Phi) is 3.49. The number of nitrogens with zero attached hydrogens (tertiary/aromatic N) is 1. The first-order valence-electron chi connectivity index (χ1n) is 6.07. The summed E-state index contributed by atoms with van der Waals surface area (Å²) >= 11 is 1.63. The molecule has 0 atom stereocenters. The van der Waals surface area contributed by atoms with Gasteiger partial charge in [0.2, 0.25) is 0 Å². The predicted molar refractivity (Wildman–Crippen MR) is 78.2 cm³/mol. The van der Waals surface area contributed by atoms with Crippen LogP contribution in [-0.2, 0) is 6.61 Å². The Bertz CT molecular complexity index is 694. The summed E-state index contributed by atoms with van der Waals surface area (Å²) in [6, 6.07) is 18.5. The maximum Gasteiger partial charge on any atom is 0.101 e. The van der Waals surface area contributed by atoms with Crippen LogP contribution in [0.25, 0.3) is 10.8 Å². The van der Waals surface area contributed by atoms with Gasteiger partial charge in [-0.05, 0) is 34.5 Å². The highest BCUT2D eigenvalue weighted by molar-refractivity contribution is 7.99. The molecule has 1 N–H and O–H groups in total. The molecule has 1 heterocycles. The number of hydrogen-bond acceptors (Lipinski definition) is 3. The highest BCUT2D eigenvalue weighted by Gasteiger charge is 2.01. The Hall–Kier alpha value is -1.84. The minimum absolute atomic E-state index is 0.0356. The number of fused-ring (bicyclic) bond motifs is 1. The molecule has 0 saturated carbocycles. The van der Waals surface area contributed by atoms with Crippen molar-refractivity contribution in [2.75, 3.05) is 0 Å². The van der Waals surface area contributed by atoms with Gasteiger partial charge >= 0.3 is 0 Å². The first kappa shape index (κ1) is 12.2. The highest BCUT2D eigenvalue weighted by Crippen LogP contribution is 2.28. The summed E-state index contributed by atoms with van der Waals surface area (Å²) in [5.74, 6) is 0. The molecule has 19 heavy (non-hydrogen) atoms. The zero-order valence-corrected chi connectivity index (χ0v) is 11.1. The lowest BCUT2D eigenvalue weighted by molar-refractivity contribution is 0.281. The fraction of sp³-hybridized carbons (Fsp3) is 0.0625. The van der Waals surface area contributed by atoms with E-state index in [2.05, 4.69) is 35.3 Å². The summed E-state index contributed by atoms with van der Waals surface area (Å²) in [6.07, 6.45) is 1.71. The molecule has 0 bridgehead atoms. The monoisotopic (exact) mass is 267 g/mol. The summed E-state index contributed by atoms with van der Waals surface area (Å²) in [5.41, 5.74) is 0.836. The smallest absolute Gasteiger partial charge is 0.101 e. The van der Waals surface area contributed by atoms with E-state index in [1.807, 2.05) is 24.3 Å². The van der Waals surface area contributed by atoms with Crippen LogP contribution in [0.2, 0.25) is 0 Å². The molecule has 0 saturated heterocycles. The highest BCUT2D eigenvalue weighted by atomic mass is 32.2. The number of pyridine rings is 1. The van der Waals surface area contributed by atoms with Crippen LogP contribution in [0.4, 0.5) is 0 Å². The first-order chi connectivity index (χ1) is 9.35. The number of aliphatic hydroxyl groups is 1. The van der Waals surface area contributed by atoms with Crippen molar-refractivity contribution in [3.05, 3.63) is 66.4 Å². The van der Waals surface area contributed by atoms with Crippen LogP contribution in [0.15, 0.2) is 70.7 Å². The lowest BCUT2D eigenvalue weighted by Crippen LogP contribution is -1.86. The van der Waals surface area contributed by atoms with E-state index in [0.29, 0.717) is 0 Å². The van der Waals surface area contributed by atoms with Gasteiger partial charge in [-0.15, -0.1) is 0 Å². The molecule has 3 aromatic rings. The van der Waals surface area contributed by atoms with E-state index in [-0.39, 0.29) is 6.61 Å². The molecule has 1 aromatic heterocycles. The molecule has 2 aromatic carbocycles. The molecule has 0 fully saturated rings. The molecule has 3 rings (SSSR count). The average Bonchev–Trinajstić information content (AvgIpc) is 2.48. The van der Waals surface area contributed by atoms with Crippen LogP contribution in [0.3, 0.4) is 0 Å². The SMILES string of the molecule is OCc1ccc(Sc2ccc3ccccc3c2)nc1. The largest absolute Gasteiger partial charge is 0.392 e. The second-order valence-electron chi connectivity index (χ2n) is 4.27. The van der Waals surface area contributed by atoms with Gasteiger partial charge in [-0.25, -0.2) is 4.98 Å². The van der Waals surface area contributed by atoms with E-state index in [1.165, 1.54) is 15.7 Å². The molecule has 0 aliphatic carbocycles. The molecule has 0 aliphatic rings. The fourth-order valence-corrected chi connectivity index (χ4v) is 2.72. The molecule has 0 unspecified atom stereocenters. The van der Waals surface area contributed by atoms with E-state index < -0.39 is 0 Å². The Balaban J connectivity index is 1.87. The Labute approximate surface area is 116 Å². The number of aliphatic hydroxyl groups excluding tert-OH is 1. The standard InChI is InChI=1S/C16H13NOS/c18-11-12-5-8-16(17-10-12)19-15-7-6-13-3-1-2-4-14(13)9-15/h1-10,18H,11H2. The molecule has 3 heteroatoms. The van der Waals surface area contributed by atoms with Gasteiger partial charge in [-0.2, -0.15) is 0 Å². The average molecular weight is 267 g/mol. The van der Waals surface area contributed by atoms with Gasteiger partial charge in [0.1, 0.15) is 5.03 Å². The Morgan fingerprint density at radius 1 is 0.947 bits per heavy atom. The van der Waals surface area contributed by atoms with Crippen molar-refractivity contribution in [1.29, 1.82) is 0 Å². The third-order valence-electron chi connectivity index (χ3n) is 2.92. The van der Waals surface area contributed by atoms with Crippen molar-refractivity contribution in [3.63, 3.8) is 0 Å². The van der Waals surface area contributed by atoms with Crippen LogP contribution < -0.4 is 0 Å². The van der Waals surface area contributed by atoms with Crippen molar-refractivity contribution in [1.82, 2.24) is 4.98 Å². The fourth-order valence-electron chi connectivity index (χ4n) is 1.92. The topological polar surface area (TPSA) is 33.1 Å². The number of aromatic nitrogens is 1. The van der Waals surface area contributed by atoms with E-state index in [9.17, 15) is 0 Å². The number of hydrogen-bond donors (Lipinski definition) is 1. The van der Waals surface area contributed by atoms with E-state index in [0.717, 1.165) is 10.6 Å². The molecule has 94 valence electrons. The molecular formula is C16H13NOS. The van der Waals surface area contributed by atoms with E-state index in [1.54, 1.807) is 18.0 Å². The van der Waals surface area contributed by atoms with Crippen LogP contribution in [-0.4, -0.2) is 10.1 Å². The lowest BCUT2D eigenvalue weighted by Gasteiger charge is -2.04. The molecule has 0 amide bonds. The van der Waals surface area contributed by atoms with Crippen molar-refractivity contribution < 1.29 is 5.11 Å². The van der Waals surface area contributed by atoms with Crippen LogP contribution in [0, 0.1) is 0 Å². The minimum atomic E-state index is 0.0356. The van der Waals surface area contributed by atoms with Gasteiger partial charge in [-0.1, -0.05) is 48.2 Å². The minimum Gasteiger partial charge on any atom is -0.392 e. The second kappa shape index (κ2) is 5.43. The van der Waals surface area contributed by atoms with Gasteiger partial charge < -0.3 is 5.11 Å². The van der Waals surface area contributed by atoms with Crippen LogP contribution >= 0.6 is 11.8 Å². The van der Waals surface area contributed by atoms with Gasteiger partial charge in [0, 0.05) is 11.1 Å². The number of benzene rings is 2. The van der Waals surface area contributed by atoms with Gasteiger partial charge in [0.15, 0.2) is 0 Å². The van der Waals surface area contributed by atoms with E-state index in [4.69, 9.17) is 5.11 Å². The second-order valence-corrected chi connectivity index (χ2v) is 5.37. The quantitative estimate of drug-likeness (QED) is 0.781. The zero-order valence-electron chi connectivity index (χ0n) is 10.3. The Morgan fingerprint density at radius 2 is 1.79 bits per heavy atom. The van der Waals surface area contributed by atoms with Gasteiger partial charge in [0.05, 0.1) is 6.61 Å². The summed E-state index contributed by atoms with van der Waals surface area (Å²) in [6.45, 7) is 0.0356. The van der Waals surface area contributed by atoms with Gasteiger partial charge in [0.25, 0.3) is 0 Å². The normalized spacial score (nSPS) is 10.8.